The molecule has 2 atom stereocenters. The van der Waals surface area contributed by atoms with E-state index in [2.05, 4.69) is 19.2 Å². The smallest absolute Gasteiger partial charge is 0.228 e. The molecular formula is C17H22NO3-. The van der Waals surface area contributed by atoms with Gasteiger partial charge in [0.15, 0.2) is 0 Å². The number of benzene rings is 1. The molecule has 1 N–H and O–H groups in total. The van der Waals surface area contributed by atoms with Gasteiger partial charge in [-0.25, -0.2) is 0 Å². The monoisotopic (exact) mass is 288 g/mol. The van der Waals surface area contributed by atoms with Crippen molar-refractivity contribution in [2.45, 2.75) is 45.4 Å². The molecule has 114 valence electrons. The predicted octanol–water partition coefficient (Wildman–Crippen LogP) is 2.30. The van der Waals surface area contributed by atoms with Crippen molar-refractivity contribution in [2.24, 2.45) is 11.8 Å². The Labute approximate surface area is 125 Å². The van der Waals surface area contributed by atoms with E-state index in [0.717, 1.165) is 12.8 Å². The zero-order valence-electron chi connectivity index (χ0n) is 12.6. The number of rotatable bonds is 4. The Bertz CT molecular complexity index is 507. The third-order valence-electron chi connectivity index (χ3n) is 4.25. The first-order valence-corrected chi connectivity index (χ1v) is 7.60. The van der Waals surface area contributed by atoms with Gasteiger partial charge in [0.05, 0.1) is 0 Å². The average Bonchev–Trinajstić information content (AvgIpc) is 2.47. The number of carbonyl (C=O) groups is 2. The molecule has 0 spiro atoms. The molecule has 1 fully saturated rings. The Hall–Kier alpha value is -1.84. The van der Waals surface area contributed by atoms with Crippen molar-refractivity contribution < 1.29 is 14.7 Å². The third kappa shape index (κ3) is 3.84. The second-order valence-electron chi connectivity index (χ2n) is 6.08. The van der Waals surface area contributed by atoms with Gasteiger partial charge in [0, 0.05) is 23.5 Å². The number of carbonyl (C=O) groups excluding carboxylic acids is 2. The molecule has 1 aliphatic rings. The van der Waals surface area contributed by atoms with E-state index in [9.17, 15) is 14.7 Å². The van der Waals surface area contributed by atoms with Gasteiger partial charge in [-0.3, -0.25) is 4.79 Å². The Morgan fingerprint density at radius 2 is 1.67 bits per heavy atom. The van der Waals surface area contributed by atoms with Crippen LogP contribution in [0.4, 0.5) is 5.69 Å². The topological polar surface area (TPSA) is 69.2 Å². The molecule has 0 heterocycles. The van der Waals surface area contributed by atoms with E-state index < -0.39 is 17.8 Å². The number of amides is 1. The maximum Gasteiger partial charge on any atom is 0.228 e. The van der Waals surface area contributed by atoms with Crippen LogP contribution in [0.3, 0.4) is 0 Å². The molecule has 4 heteroatoms. The molecule has 0 bridgehead atoms. The van der Waals surface area contributed by atoms with E-state index in [1.165, 1.54) is 5.56 Å². The maximum atomic E-state index is 12.3. The fourth-order valence-corrected chi connectivity index (χ4v) is 2.91. The summed E-state index contributed by atoms with van der Waals surface area (Å²) in [5.41, 5.74) is 1.92. The molecule has 2 rings (SSSR count). The highest BCUT2D eigenvalue weighted by Gasteiger charge is 2.31. The number of nitrogens with one attached hydrogen (secondary N) is 1. The molecule has 0 unspecified atom stereocenters. The first-order chi connectivity index (χ1) is 9.99. The summed E-state index contributed by atoms with van der Waals surface area (Å²) in [5.74, 6) is -2.01. The molecule has 1 saturated carbocycles. The van der Waals surface area contributed by atoms with Gasteiger partial charge in [-0.05, 0) is 36.5 Å². The lowest BCUT2D eigenvalue weighted by molar-refractivity contribution is -0.313. The molecular weight excluding hydrogens is 266 g/mol. The molecule has 0 aromatic heterocycles. The number of hydrogen-bond donors (Lipinski definition) is 1. The molecule has 4 nitrogen and oxygen atoms in total. The predicted molar refractivity (Wildman–Crippen MR) is 79.6 cm³/mol. The van der Waals surface area contributed by atoms with Gasteiger partial charge in [0.25, 0.3) is 0 Å². The molecule has 1 amide bonds. The SMILES string of the molecule is CC(C)c1ccc(NC(=O)[C@@H]2CCCC[C@@H]2C(=O)[O-])cc1. The summed E-state index contributed by atoms with van der Waals surface area (Å²) in [4.78, 5) is 23.4. The van der Waals surface area contributed by atoms with Crippen LogP contribution in [0, 0.1) is 11.8 Å². The zero-order valence-corrected chi connectivity index (χ0v) is 12.6. The van der Waals surface area contributed by atoms with Gasteiger partial charge in [0.2, 0.25) is 5.91 Å². The number of anilines is 1. The van der Waals surface area contributed by atoms with E-state index in [-0.39, 0.29) is 5.91 Å². The van der Waals surface area contributed by atoms with Crippen molar-refractivity contribution in [1.82, 2.24) is 0 Å². The van der Waals surface area contributed by atoms with Crippen molar-refractivity contribution in [2.75, 3.05) is 5.32 Å². The van der Waals surface area contributed by atoms with Crippen LogP contribution in [0.1, 0.15) is 51.0 Å². The van der Waals surface area contributed by atoms with Gasteiger partial charge < -0.3 is 15.2 Å². The lowest BCUT2D eigenvalue weighted by Crippen LogP contribution is -2.42. The van der Waals surface area contributed by atoms with Crippen LogP contribution in [-0.2, 0) is 9.59 Å². The first kappa shape index (κ1) is 15.5. The zero-order chi connectivity index (χ0) is 15.4. The number of carboxylic acids is 1. The number of aliphatic carboxylic acids is 1. The van der Waals surface area contributed by atoms with E-state index >= 15 is 0 Å². The maximum absolute atomic E-state index is 12.3. The van der Waals surface area contributed by atoms with Crippen LogP contribution in [0.2, 0.25) is 0 Å². The van der Waals surface area contributed by atoms with Crippen molar-refractivity contribution >= 4 is 17.6 Å². The highest BCUT2D eigenvalue weighted by atomic mass is 16.4. The summed E-state index contributed by atoms with van der Waals surface area (Å²) in [7, 11) is 0. The Kier molecular flexibility index (Phi) is 4.99. The summed E-state index contributed by atoms with van der Waals surface area (Å²) in [5, 5.41) is 14.0. The molecule has 0 saturated heterocycles. The Morgan fingerprint density at radius 3 is 2.19 bits per heavy atom. The van der Waals surface area contributed by atoms with Gasteiger partial charge in [-0.2, -0.15) is 0 Å². The molecule has 1 aliphatic carbocycles. The van der Waals surface area contributed by atoms with E-state index in [1.807, 2.05) is 24.3 Å². The first-order valence-electron chi connectivity index (χ1n) is 7.60. The van der Waals surface area contributed by atoms with Crippen molar-refractivity contribution in [3.8, 4) is 0 Å². The minimum absolute atomic E-state index is 0.207. The summed E-state index contributed by atoms with van der Waals surface area (Å²) >= 11 is 0. The van der Waals surface area contributed by atoms with E-state index in [1.54, 1.807) is 0 Å². The van der Waals surface area contributed by atoms with Crippen molar-refractivity contribution in [1.29, 1.82) is 0 Å². The van der Waals surface area contributed by atoms with Gasteiger partial charge in [0.1, 0.15) is 0 Å². The van der Waals surface area contributed by atoms with Crippen LogP contribution in [-0.4, -0.2) is 11.9 Å². The van der Waals surface area contributed by atoms with Crippen LogP contribution >= 0.6 is 0 Å². The normalized spacial score (nSPS) is 22.0. The fraction of sp³-hybridized carbons (Fsp3) is 0.529. The minimum atomic E-state index is -1.11. The van der Waals surface area contributed by atoms with Crippen LogP contribution in [0.15, 0.2) is 24.3 Å². The lowest BCUT2D eigenvalue weighted by Gasteiger charge is -2.31. The van der Waals surface area contributed by atoms with Crippen LogP contribution < -0.4 is 10.4 Å². The van der Waals surface area contributed by atoms with Crippen molar-refractivity contribution in [3.05, 3.63) is 29.8 Å². The molecule has 21 heavy (non-hydrogen) atoms. The second-order valence-corrected chi connectivity index (χ2v) is 6.08. The largest absolute Gasteiger partial charge is 0.550 e. The van der Waals surface area contributed by atoms with Crippen LogP contribution in [0.5, 0.6) is 0 Å². The van der Waals surface area contributed by atoms with Crippen molar-refractivity contribution in [3.63, 3.8) is 0 Å². The Morgan fingerprint density at radius 1 is 1.10 bits per heavy atom. The van der Waals surface area contributed by atoms with E-state index in [4.69, 9.17) is 0 Å². The van der Waals surface area contributed by atoms with Gasteiger partial charge in [-0.15, -0.1) is 0 Å². The highest BCUT2D eigenvalue weighted by molar-refractivity contribution is 5.95. The second kappa shape index (κ2) is 6.74. The number of carboxylic acid groups (broad SMARTS) is 1. The molecule has 0 radical (unpaired) electrons. The van der Waals surface area contributed by atoms with Gasteiger partial charge >= 0.3 is 0 Å². The fourth-order valence-electron chi connectivity index (χ4n) is 2.91. The molecule has 0 aliphatic heterocycles. The van der Waals surface area contributed by atoms with Gasteiger partial charge in [-0.1, -0.05) is 38.8 Å². The summed E-state index contributed by atoms with van der Waals surface area (Å²) in [6, 6.07) is 7.70. The number of hydrogen-bond acceptors (Lipinski definition) is 3. The van der Waals surface area contributed by atoms with Crippen LogP contribution in [0.25, 0.3) is 0 Å². The molecule has 1 aromatic carbocycles. The Balaban J connectivity index is 2.04. The standard InChI is InChI=1S/C17H23NO3/c1-11(2)12-7-9-13(10-8-12)18-16(19)14-5-3-4-6-15(14)17(20)21/h7-11,14-15H,3-6H2,1-2H3,(H,18,19)(H,20,21)/p-1/t14-,15+/m1/s1. The summed E-state index contributed by atoms with van der Waals surface area (Å²) in [6.07, 6.45) is 2.90. The highest BCUT2D eigenvalue weighted by Crippen LogP contribution is 2.30. The summed E-state index contributed by atoms with van der Waals surface area (Å²) < 4.78 is 0. The van der Waals surface area contributed by atoms with E-state index in [0.29, 0.717) is 24.4 Å². The lowest BCUT2D eigenvalue weighted by atomic mass is 9.78. The minimum Gasteiger partial charge on any atom is -0.550 e. The average molecular weight is 288 g/mol. The summed E-state index contributed by atoms with van der Waals surface area (Å²) in [6.45, 7) is 4.22. The third-order valence-corrected chi connectivity index (χ3v) is 4.25. The quantitative estimate of drug-likeness (QED) is 0.924. The molecule has 1 aromatic rings.